The first-order valence-corrected chi connectivity index (χ1v) is 9.47. The molecule has 0 amide bonds. The molecular weight excluding hydrogens is 328 g/mol. The van der Waals surface area contributed by atoms with Crippen molar-refractivity contribution in [3.8, 4) is 0 Å². The second-order valence-electron chi connectivity index (χ2n) is 5.87. The second-order valence-corrected chi connectivity index (χ2v) is 6.76. The van der Waals surface area contributed by atoms with Gasteiger partial charge in [0.25, 0.3) is 0 Å². The van der Waals surface area contributed by atoms with Gasteiger partial charge in [-0.3, -0.25) is 4.79 Å². The van der Waals surface area contributed by atoms with Crippen molar-refractivity contribution < 1.29 is 9.90 Å². The summed E-state index contributed by atoms with van der Waals surface area (Å²) in [6.07, 6.45) is 18.5. The molecule has 0 saturated heterocycles. The van der Waals surface area contributed by atoms with Crippen LogP contribution in [0.25, 0.3) is 0 Å². The van der Waals surface area contributed by atoms with Crippen molar-refractivity contribution in [1.29, 1.82) is 0 Å². The SMILES string of the molecule is CCCCCCC(O)C/C=C\CCCCCCCC(=O)Br. The highest BCUT2D eigenvalue weighted by Gasteiger charge is 2.00. The smallest absolute Gasteiger partial charge is 0.197 e. The summed E-state index contributed by atoms with van der Waals surface area (Å²) in [6, 6.07) is 0. The molecular formula is C18H33BrO2. The number of hydrogen-bond donors (Lipinski definition) is 1. The molecule has 0 radical (unpaired) electrons. The third-order valence-electron chi connectivity index (χ3n) is 3.71. The molecule has 1 atom stereocenters. The summed E-state index contributed by atoms with van der Waals surface area (Å²) in [5, 5.41) is 9.81. The van der Waals surface area contributed by atoms with Gasteiger partial charge in [0.05, 0.1) is 6.10 Å². The predicted molar refractivity (Wildman–Crippen MR) is 94.8 cm³/mol. The van der Waals surface area contributed by atoms with Crippen LogP contribution in [0, 0.1) is 0 Å². The average molecular weight is 361 g/mol. The number of halogens is 1. The molecule has 0 rings (SSSR count). The van der Waals surface area contributed by atoms with E-state index < -0.39 is 0 Å². The van der Waals surface area contributed by atoms with Gasteiger partial charge in [-0.15, -0.1) is 0 Å². The molecule has 0 aromatic heterocycles. The Bertz CT molecular complexity index is 264. The number of allylic oxidation sites excluding steroid dienone is 1. The minimum Gasteiger partial charge on any atom is -0.393 e. The Balaban J connectivity index is 3.26. The maximum absolute atomic E-state index is 10.7. The summed E-state index contributed by atoms with van der Waals surface area (Å²) >= 11 is 2.95. The highest BCUT2D eigenvalue weighted by Crippen LogP contribution is 2.11. The topological polar surface area (TPSA) is 37.3 Å². The van der Waals surface area contributed by atoms with E-state index in [0.717, 1.165) is 38.5 Å². The number of unbranched alkanes of at least 4 members (excludes halogenated alkanes) is 8. The summed E-state index contributed by atoms with van der Waals surface area (Å²) in [7, 11) is 0. The molecule has 124 valence electrons. The number of aliphatic hydroxyl groups is 1. The molecule has 0 fully saturated rings. The third kappa shape index (κ3) is 17.8. The summed E-state index contributed by atoms with van der Waals surface area (Å²) in [5.74, 6) is 0. The number of aliphatic hydroxyl groups excluding tert-OH is 1. The van der Waals surface area contributed by atoms with Crippen LogP contribution in [0.5, 0.6) is 0 Å². The van der Waals surface area contributed by atoms with E-state index in [1.807, 2.05) is 0 Å². The lowest BCUT2D eigenvalue weighted by molar-refractivity contribution is -0.110. The van der Waals surface area contributed by atoms with Crippen LogP contribution in [-0.2, 0) is 4.79 Å². The molecule has 1 N–H and O–H groups in total. The summed E-state index contributed by atoms with van der Waals surface area (Å²) in [4.78, 5) is 10.7. The standard InChI is InChI=1S/C18H33BrO2/c1-2-3-4-11-14-17(20)15-12-9-7-5-6-8-10-13-16-18(19)21/h9,12,17,20H,2-8,10-11,13-16H2,1H3/b12-9-. The largest absolute Gasteiger partial charge is 0.393 e. The van der Waals surface area contributed by atoms with E-state index in [2.05, 4.69) is 35.0 Å². The monoisotopic (exact) mass is 360 g/mol. The van der Waals surface area contributed by atoms with Crippen molar-refractivity contribution in [1.82, 2.24) is 0 Å². The Morgan fingerprint density at radius 1 is 1.00 bits per heavy atom. The van der Waals surface area contributed by atoms with Crippen molar-refractivity contribution in [2.24, 2.45) is 0 Å². The van der Waals surface area contributed by atoms with Gasteiger partial charge >= 0.3 is 0 Å². The lowest BCUT2D eigenvalue weighted by atomic mass is 10.1. The van der Waals surface area contributed by atoms with Gasteiger partial charge in [-0.1, -0.05) is 64.0 Å². The quantitative estimate of drug-likeness (QED) is 0.223. The van der Waals surface area contributed by atoms with Crippen molar-refractivity contribution in [2.75, 3.05) is 0 Å². The maximum atomic E-state index is 10.7. The van der Waals surface area contributed by atoms with Crippen LogP contribution in [0.2, 0.25) is 0 Å². The van der Waals surface area contributed by atoms with Crippen molar-refractivity contribution in [2.45, 2.75) is 96.5 Å². The Morgan fingerprint density at radius 2 is 1.67 bits per heavy atom. The highest BCUT2D eigenvalue weighted by molar-refractivity contribution is 9.18. The lowest BCUT2D eigenvalue weighted by Crippen LogP contribution is -2.04. The summed E-state index contributed by atoms with van der Waals surface area (Å²) in [6.45, 7) is 2.21. The number of hydrogen-bond acceptors (Lipinski definition) is 2. The number of carbonyl (C=O) groups excluding carboxylic acids is 1. The zero-order valence-electron chi connectivity index (χ0n) is 13.7. The van der Waals surface area contributed by atoms with Crippen LogP contribution in [0.1, 0.15) is 90.4 Å². The van der Waals surface area contributed by atoms with Gasteiger partial charge in [-0.05, 0) is 48.0 Å². The number of carbonyl (C=O) groups is 1. The van der Waals surface area contributed by atoms with Crippen LogP contribution >= 0.6 is 15.9 Å². The Morgan fingerprint density at radius 3 is 2.38 bits per heavy atom. The molecule has 0 spiro atoms. The molecule has 0 bridgehead atoms. The van der Waals surface area contributed by atoms with E-state index in [-0.39, 0.29) is 10.8 Å². The number of rotatable bonds is 15. The second kappa shape index (κ2) is 16.2. The van der Waals surface area contributed by atoms with Gasteiger partial charge in [0.1, 0.15) is 0 Å². The van der Waals surface area contributed by atoms with Crippen LogP contribution < -0.4 is 0 Å². The fourth-order valence-electron chi connectivity index (χ4n) is 2.35. The fourth-order valence-corrected chi connectivity index (χ4v) is 2.63. The first kappa shape index (κ1) is 20.9. The fraction of sp³-hybridized carbons (Fsp3) is 0.833. The molecule has 0 aromatic carbocycles. The minimum absolute atomic E-state index is 0.124. The Labute approximate surface area is 139 Å². The van der Waals surface area contributed by atoms with E-state index in [9.17, 15) is 9.90 Å². The molecule has 0 saturated carbocycles. The van der Waals surface area contributed by atoms with Crippen molar-refractivity contribution in [3.05, 3.63) is 12.2 Å². The maximum Gasteiger partial charge on any atom is 0.197 e. The lowest BCUT2D eigenvalue weighted by Gasteiger charge is -2.07. The van der Waals surface area contributed by atoms with E-state index in [0.29, 0.717) is 6.42 Å². The molecule has 1 unspecified atom stereocenters. The molecule has 3 heteroatoms. The Kier molecular flexibility index (Phi) is 16.1. The molecule has 0 aliphatic carbocycles. The zero-order chi connectivity index (χ0) is 15.8. The summed E-state index contributed by atoms with van der Waals surface area (Å²) < 4.78 is 0.124. The van der Waals surface area contributed by atoms with Crippen LogP contribution in [0.3, 0.4) is 0 Å². The van der Waals surface area contributed by atoms with Crippen LogP contribution in [-0.4, -0.2) is 15.9 Å². The first-order chi connectivity index (χ1) is 10.2. The summed E-state index contributed by atoms with van der Waals surface area (Å²) in [5.41, 5.74) is 0. The van der Waals surface area contributed by atoms with Crippen LogP contribution in [0.4, 0.5) is 0 Å². The first-order valence-electron chi connectivity index (χ1n) is 8.68. The third-order valence-corrected chi connectivity index (χ3v) is 4.11. The predicted octanol–water partition coefficient (Wildman–Crippen LogP) is 5.92. The molecule has 0 aromatic rings. The molecule has 0 aliphatic rings. The normalized spacial score (nSPS) is 12.9. The van der Waals surface area contributed by atoms with E-state index in [1.165, 1.54) is 38.5 Å². The zero-order valence-corrected chi connectivity index (χ0v) is 15.2. The van der Waals surface area contributed by atoms with Crippen LogP contribution in [0.15, 0.2) is 12.2 Å². The van der Waals surface area contributed by atoms with Crippen molar-refractivity contribution in [3.63, 3.8) is 0 Å². The molecule has 0 aliphatic heterocycles. The van der Waals surface area contributed by atoms with Gasteiger partial charge in [-0.25, -0.2) is 0 Å². The van der Waals surface area contributed by atoms with Gasteiger partial charge in [0.15, 0.2) is 4.69 Å². The molecule has 2 nitrogen and oxygen atoms in total. The van der Waals surface area contributed by atoms with E-state index in [4.69, 9.17) is 0 Å². The average Bonchev–Trinajstić information content (AvgIpc) is 2.45. The minimum atomic E-state index is -0.153. The van der Waals surface area contributed by atoms with Crippen molar-refractivity contribution >= 4 is 20.6 Å². The van der Waals surface area contributed by atoms with Gasteiger partial charge in [0, 0.05) is 6.42 Å². The molecule has 0 heterocycles. The molecule has 21 heavy (non-hydrogen) atoms. The Hall–Kier alpha value is -0.150. The van der Waals surface area contributed by atoms with Gasteiger partial charge in [0.2, 0.25) is 0 Å². The van der Waals surface area contributed by atoms with Gasteiger partial charge < -0.3 is 5.11 Å². The van der Waals surface area contributed by atoms with Gasteiger partial charge in [-0.2, -0.15) is 0 Å². The van der Waals surface area contributed by atoms with E-state index >= 15 is 0 Å². The highest BCUT2D eigenvalue weighted by atomic mass is 79.9. The van der Waals surface area contributed by atoms with E-state index in [1.54, 1.807) is 0 Å².